The summed E-state index contributed by atoms with van der Waals surface area (Å²) in [6, 6.07) is 13.0. The molecule has 2 aromatic carbocycles. The van der Waals surface area contributed by atoms with Gasteiger partial charge in [0.1, 0.15) is 11.5 Å². The van der Waals surface area contributed by atoms with Gasteiger partial charge < -0.3 is 4.74 Å². The second kappa shape index (κ2) is 8.71. The molecule has 152 valence electrons. The lowest BCUT2D eigenvalue weighted by Gasteiger charge is -2.18. The van der Waals surface area contributed by atoms with E-state index >= 15 is 0 Å². The summed E-state index contributed by atoms with van der Waals surface area (Å²) in [6.07, 6.45) is 0. The molecular weight excluding hydrogens is 452 g/mol. The van der Waals surface area contributed by atoms with E-state index in [1.54, 1.807) is 17.7 Å². The third-order valence-electron chi connectivity index (χ3n) is 4.57. The molecule has 0 bridgehead atoms. The van der Waals surface area contributed by atoms with Gasteiger partial charge in [0.25, 0.3) is 5.56 Å². The Bertz CT molecular complexity index is 1120. The minimum Gasteiger partial charge on any atom is -0.496 e. The highest BCUT2D eigenvalue weighted by Gasteiger charge is 2.22. The van der Waals surface area contributed by atoms with Crippen molar-refractivity contribution in [2.45, 2.75) is 32.5 Å². The Balaban J connectivity index is 2.10. The van der Waals surface area contributed by atoms with Crippen molar-refractivity contribution in [2.24, 2.45) is 5.41 Å². The number of thioether (sulfide) groups is 1. The number of carbonyl (C=O) groups excluding carboxylic acids is 1. The number of ether oxygens (including phenoxy) is 1. The number of methoxy groups -OCH3 is 1. The largest absolute Gasteiger partial charge is 0.496 e. The van der Waals surface area contributed by atoms with Crippen LogP contribution in [0.2, 0.25) is 0 Å². The van der Waals surface area contributed by atoms with Gasteiger partial charge in [-0.05, 0) is 24.3 Å². The second-order valence-corrected chi connectivity index (χ2v) is 9.58. The first kappa shape index (κ1) is 21.6. The van der Waals surface area contributed by atoms with Crippen molar-refractivity contribution in [1.29, 1.82) is 0 Å². The molecule has 0 atom stereocenters. The lowest BCUT2D eigenvalue weighted by molar-refractivity contribution is -0.123. The fourth-order valence-corrected chi connectivity index (χ4v) is 4.29. The number of aromatic nitrogens is 2. The molecule has 0 saturated heterocycles. The molecule has 3 rings (SSSR count). The van der Waals surface area contributed by atoms with Gasteiger partial charge in [-0.1, -0.05) is 66.7 Å². The summed E-state index contributed by atoms with van der Waals surface area (Å²) < 4.78 is 7.88. The van der Waals surface area contributed by atoms with E-state index in [1.165, 1.54) is 11.8 Å². The maximum absolute atomic E-state index is 13.3. The topological polar surface area (TPSA) is 61.2 Å². The third kappa shape index (κ3) is 4.90. The Labute approximate surface area is 182 Å². The Morgan fingerprint density at radius 1 is 1.21 bits per heavy atom. The summed E-state index contributed by atoms with van der Waals surface area (Å²) in [7, 11) is 1.61. The van der Waals surface area contributed by atoms with Gasteiger partial charge in [0.2, 0.25) is 0 Å². The number of hydrogen-bond acceptors (Lipinski definition) is 5. The van der Waals surface area contributed by atoms with Crippen LogP contribution in [0.3, 0.4) is 0 Å². The zero-order valence-electron chi connectivity index (χ0n) is 16.9. The van der Waals surface area contributed by atoms with Crippen LogP contribution in [0.4, 0.5) is 0 Å². The molecule has 0 aliphatic heterocycles. The SMILES string of the molecule is COc1ccccc1Cn1c(SCC(=O)C(C)(C)C)nc2ccc(Br)cc2c1=O. The number of halogens is 1. The number of benzene rings is 2. The lowest BCUT2D eigenvalue weighted by atomic mass is 9.92. The Morgan fingerprint density at radius 3 is 2.62 bits per heavy atom. The fourth-order valence-electron chi connectivity index (χ4n) is 2.77. The van der Waals surface area contributed by atoms with Crippen molar-refractivity contribution in [3.05, 3.63) is 62.9 Å². The van der Waals surface area contributed by atoms with Crippen molar-refractivity contribution >= 4 is 44.4 Å². The molecule has 0 unspecified atom stereocenters. The molecule has 0 spiro atoms. The molecule has 29 heavy (non-hydrogen) atoms. The van der Waals surface area contributed by atoms with Crippen molar-refractivity contribution in [2.75, 3.05) is 12.9 Å². The van der Waals surface area contributed by atoms with Crippen LogP contribution >= 0.6 is 27.7 Å². The maximum atomic E-state index is 13.3. The van der Waals surface area contributed by atoms with Crippen molar-refractivity contribution in [3.8, 4) is 5.75 Å². The van der Waals surface area contributed by atoms with Gasteiger partial charge in [0.05, 0.1) is 30.3 Å². The molecule has 5 nitrogen and oxygen atoms in total. The van der Waals surface area contributed by atoms with Gasteiger partial charge in [0.15, 0.2) is 5.16 Å². The van der Waals surface area contributed by atoms with E-state index in [0.29, 0.717) is 28.4 Å². The quantitative estimate of drug-likeness (QED) is 0.374. The Morgan fingerprint density at radius 2 is 1.93 bits per heavy atom. The second-order valence-electron chi connectivity index (χ2n) is 7.72. The predicted octanol–water partition coefficient (Wildman–Crippen LogP) is 4.92. The summed E-state index contributed by atoms with van der Waals surface area (Å²) >= 11 is 4.72. The average Bonchev–Trinajstić information content (AvgIpc) is 2.68. The van der Waals surface area contributed by atoms with Gasteiger partial charge in [-0.2, -0.15) is 0 Å². The predicted molar refractivity (Wildman–Crippen MR) is 121 cm³/mol. The van der Waals surface area contributed by atoms with Gasteiger partial charge >= 0.3 is 0 Å². The van der Waals surface area contributed by atoms with Crippen LogP contribution in [-0.2, 0) is 11.3 Å². The van der Waals surface area contributed by atoms with Crippen molar-refractivity contribution in [1.82, 2.24) is 9.55 Å². The molecule has 0 saturated carbocycles. The monoisotopic (exact) mass is 474 g/mol. The van der Waals surface area contributed by atoms with E-state index in [-0.39, 0.29) is 17.1 Å². The normalized spacial score (nSPS) is 11.6. The van der Waals surface area contributed by atoms with Crippen LogP contribution in [0.25, 0.3) is 10.9 Å². The van der Waals surface area contributed by atoms with E-state index in [2.05, 4.69) is 15.9 Å². The van der Waals surface area contributed by atoms with Crippen molar-refractivity contribution in [3.63, 3.8) is 0 Å². The highest BCUT2D eigenvalue weighted by Crippen LogP contribution is 2.26. The van der Waals surface area contributed by atoms with Crippen LogP contribution in [0.5, 0.6) is 5.75 Å². The molecule has 0 fully saturated rings. The van der Waals surface area contributed by atoms with E-state index < -0.39 is 5.41 Å². The number of ketones is 1. The first-order valence-corrected chi connectivity index (χ1v) is 11.0. The number of rotatable bonds is 6. The van der Waals surface area contributed by atoms with E-state index in [4.69, 9.17) is 9.72 Å². The molecule has 0 aliphatic carbocycles. The average molecular weight is 475 g/mol. The van der Waals surface area contributed by atoms with Crippen molar-refractivity contribution < 1.29 is 9.53 Å². The number of nitrogens with zero attached hydrogens (tertiary/aromatic N) is 2. The summed E-state index contributed by atoms with van der Waals surface area (Å²) in [5, 5.41) is 1.05. The van der Waals surface area contributed by atoms with Crippen LogP contribution in [0.1, 0.15) is 26.3 Å². The highest BCUT2D eigenvalue weighted by atomic mass is 79.9. The molecule has 0 aliphatic rings. The standard InChI is InChI=1S/C22H23BrN2O3S/c1-22(2,3)19(26)13-29-21-24-17-10-9-15(23)11-16(17)20(27)25(21)12-14-7-5-6-8-18(14)28-4/h5-11H,12-13H2,1-4H3. The maximum Gasteiger partial charge on any atom is 0.262 e. The van der Waals surface area contributed by atoms with E-state index in [1.807, 2.05) is 57.2 Å². The first-order valence-electron chi connectivity index (χ1n) is 9.19. The van der Waals surface area contributed by atoms with Crippen LogP contribution < -0.4 is 10.3 Å². The third-order valence-corrected chi connectivity index (χ3v) is 6.04. The van der Waals surface area contributed by atoms with Crippen LogP contribution in [-0.4, -0.2) is 28.2 Å². The molecule has 7 heteroatoms. The Hall–Kier alpha value is -2.12. The van der Waals surface area contributed by atoms with Gasteiger partial charge in [-0.25, -0.2) is 4.98 Å². The summed E-state index contributed by atoms with van der Waals surface area (Å²) in [5.74, 6) is 1.07. The van der Waals surface area contributed by atoms with Gasteiger partial charge in [-0.3, -0.25) is 14.2 Å². The smallest absolute Gasteiger partial charge is 0.262 e. The summed E-state index contributed by atoms with van der Waals surface area (Å²) in [5.41, 5.74) is 0.896. The summed E-state index contributed by atoms with van der Waals surface area (Å²) in [4.78, 5) is 30.4. The minimum absolute atomic E-state index is 0.108. The molecular formula is C22H23BrN2O3S. The number of fused-ring (bicyclic) bond motifs is 1. The molecule has 0 amide bonds. The van der Waals surface area contributed by atoms with Crippen LogP contribution in [0, 0.1) is 5.41 Å². The number of para-hydroxylation sites is 1. The van der Waals surface area contributed by atoms with E-state index in [0.717, 1.165) is 10.0 Å². The zero-order valence-corrected chi connectivity index (χ0v) is 19.3. The fraction of sp³-hybridized carbons (Fsp3) is 0.318. The lowest BCUT2D eigenvalue weighted by Crippen LogP contribution is -2.26. The minimum atomic E-state index is -0.442. The summed E-state index contributed by atoms with van der Waals surface area (Å²) in [6.45, 7) is 5.99. The van der Waals surface area contributed by atoms with Gasteiger partial charge in [-0.15, -0.1) is 0 Å². The van der Waals surface area contributed by atoms with E-state index in [9.17, 15) is 9.59 Å². The zero-order chi connectivity index (χ0) is 21.2. The molecule has 1 heterocycles. The van der Waals surface area contributed by atoms with Crippen LogP contribution in [0.15, 0.2) is 56.9 Å². The van der Waals surface area contributed by atoms with Gasteiger partial charge in [0, 0.05) is 15.5 Å². The first-order chi connectivity index (χ1) is 13.7. The number of Topliss-reactive ketones (excluding diaryl/α,β-unsaturated/α-hetero) is 1. The highest BCUT2D eigenvalue weighted by molar-refractivity contribution is 9.10. The Kier molecular flexibility index (Phi) is 6.49. The molecule has 0 N–H and O–H groups in total. The number of hydrogen-bond donors (Lipinski definition) is 0. The molecule has 1 aromatic heterocycles. The number of carbonyl (C=O) groups is 1. The molecule has 3 aromatic rings. The molecule has 0 radical (unpaired) electrons.